The lowest BCUT2D eigenvalue weighted by Crippen LogP contribution is -2.29. The van der Waals surface area contributed by atoms with Gasteiger partial charge in [-0.15, -0.1) is 10.2 Å². The predicted octanol–water partition coefficient (Wildman–Crippen LogP) is 2.42. The molecule has 2 aromatic rings. The Morgan fingerprint density at radius 2 is 2.29 bits per heavy atom. The summed E-state index contributed by atoms with van der Waals surface area (Å²) in [5.41, 5.74) is 1.10. The third-order valence-electron chi connectivity index (χ3n) is 3.10. The summed E-state index contributed by atoms with van der Waals surface area (Å²) in [6, 6.07) is 9.68. The van der Waals surface area contributed by atoms with Gasteiger partial charge in [0.05, 0.1) is 18.2 Å². The van der Waals surface area contributed by atoms with Crippen molar-refractivity contribution in [1.29, 1.82) is 5.26 Å². The molecule has 0 aliphatic carbocycles. The van der Waals surface area contributed by atoms with Crippen LogP contribution < -0.4 is 4.74 Å². The van der Waals surface area contributed by atoms with Crippen LogP contribution in [0.25, 0.3) is 0 Å². The third kappa shape index (κ3) is 5.59. The quantitative estimate of drug-likeness (QED) is 0.678. The highest BCUT2D eigenvalue weighted by Gasteiger charge is 2.13. The van der Waals surface area contributed by atoms with Gasteiger partial charge in [-0.3, -0.25) is 4.79 Å². The van der Waals surface area contributed by atoms with Gasteiger partial charge in [-0.1, -0.05) is 23.9 Å². The maximum absolute atomic E-state index is 11.9. The first kappa shape index (κ1) is 17.8. The first-order valence-corrected chi connectivity index (χ1v) is 8.32. The third-order valence-corrected chi connectivity index (χ3v) is 3.91. The molecule has 2 rings (SSSR count). The van der Waals surface area contributed by atoms with Gasteiger partial charge in [-0.25, -0.2) is 0 Å². The molecule has 0 spiro atoms. The summed E-state index contributed by atoms with van der Waals surface area (Å²) in [4.78, 5) is 13.4. The standard InChI is InChI=1S/C16H18N4O3S/c1-12-5-3-6-13(9-12)22-10-14-18-19-16(23-14)24-11-15(21)20(2)8-4-7-17/h3,5-6,9H,4,8,10-11H2,1-2H3. The molecule has 0 radical (unpaired) electrons. The van der Waals surface area contributed by atoms with Crippen molar-refractivity contribution in [2.45, 2.75) is 25.2 Å². The Kier molecular flexibility index (Phi) is 6.63. The molecule has 0 bridgehead atoms. The van der Waals surface area contributed by atoms with Gasteiger partial charge < -0.3 is 14.1 Å². The van der Waals surface area contributed by atoms with Gasteiger partial charge in [-0.2, -0.15) is 5.26 Å². The Morgan fingerprint density at radius 1 is 1.46 bits per heavy atom. The van der Waals surface area contributed by atoms with E-state index < -0.39 is 0 Å². The first-order valence-electron chi connectivity index (χ1n) is 7.34. The molecule has 0 saturated carbocycles. The first-order chi connectivity index (χ1) is 11.6. The van der Waals surface area contributed by atoms with Crippen LogP contribution in [-0.4, -0.2) is 40.3 Å². The fraction of sp³-hybridized carbons (Fsp3) is 0.375. The summed E-state index contributed by atoms with van der Waals surface area (Å²) in [5, 5.41) is 16.6. The van der Waals surface area contributed by atoms with Crippen LogP contribution in [-0.2, 0) is 11.4 Å². The van der Waals surface area contributed by atoms with Crippen LogP contribution in [0.4, 0.5) is 0 Å². The zero-order valence-corrected chi connectivity index (χ0v) is 14.4. The van der Waals surface area contributed by atoms with E-state index in [-0.39, 0.29) is 18.3 Å². The highest BCUT2D eigenvalue weighted by Crippen LogP contribution is 2.18. The minimum absolute atomic E-state index is 0.0917. The van der Waals surface area contributed by atoms with E-state index in [0.29, 0.717) is 24.1 Å². The maximum Gasteiger partial charge on any atom is 0.277 e. The van der Waals surface area contributed by atoms with Crippen molar-refractivity contribution in [2.24, 2.45) is 0 Å². The van der Waals surface area contributed by atoms with E-state index in [1.165, 1.54) is 16.7 Å². The average molecular weight is 346 g/mol. The van der Waals surface area contributed by atoms with Crippen molar-refractivity contribution in [3.63, 3.8) is 0 Å². The van der Waals surface area contributed by atoms with Gasteiger partial charge in [0.25, 0.3) is 11.1 Å². The number of carbonyl (C=O) groups excluding carboxylic acids is 1. The number of aryl methyl sites for hydroxylation is 1. The van der Waals surface area contributed by atoms with E-state index in [2.05, 4.69) is 10.2 Å². The van der Waals surface area contributed by atoms with Crippen molar-refractivity contribution >= 4 is 17.7 Å². The second kappa shape index (κ2) is 8.93. The van der Waals surface area contributed by atoms with Crippen LogP contribution in [0.1, 0.15) is 17.9 Å². The summed E-state index contributed by atoms with van der Waals surface area (Å²) in [6.45, 7) is 2.57. The predicted molar refractivity (Wildman–Crippen MR) is 88.4 cm³/mol. The summed E-state index contributed by atoms with van der Waals surface area (Å²) < 4.78 is 11.0. The van der Waals surface area contributed by atoms with Crippen LogP contribution in [0, 0.1) is 18.3 Å². The van der Waals surface area contributed by atoms with Crippen LogP contribution >= 0.6 is 11.8 Å². The van der Waals surface area contributed by atoms with E-state index in [4.69, 9.17) is 14.4 Å². The summed E-state index contributed by atoms with van der Waals surface area (Å²) in [5.74, 6) is 1.18. The lowest BCUT2D eigenvalue weighted by atomic mass is 10.2. The Bertz CT molecular complexity index is 726. The normalized spacial score (nSPS) is 10.2. The molecule has 0 unspecified atom stereocenters. The lowest BCUT2D eigenvalue weighted by molar-refractivity contribution is -0.127. The Hall–Kier alpha value is -2.53. The fourth-order valence-corrected chi connectivity index (χ4v) is 2.50. The van der Waals surface area contributed by atoms with Crippen LogP contribution in [0.2, 0.25) is 0 Å². The fourth-order valence-electron chi connectivity index (χ4n) is 1.78. The number of carbonyl (C=O) groups is 1. The molecule has 1 aromatic heterocycles. The van der Waals surface area contributed by atoms with Crippen LogP contribution in [0.3, 0.4) is 0 Å². The van der Waals surface area contributed by atoms with Gasteiger partial charge >= 0.3 is 0 Å². The van der Waals surface area contributed by atoms with E-state index in [1.54, 1.807) is 7.05 Å². The number of benzene rings is 1. The van der Waals surface area contributed by atoms with Gasteiger partial charge in [-0.05, 0) is 24.6 Å². The highest BCUT2D eigenvalue weighted by atomic mass is 32.2. The highest BCUT2D eigenvalue weighted by molar-refractivity contribution is 7.99. The van der Waals surface area contributed by atoms with Gasteiger partial charge in [0, 0.05) is 13.6 Å². The molecular formula is C16H18N4O3S. The number of thioether (sulfide) groups is 1. The molecule has 8 heteroatoms. The molecule has 126 valence electrons. The summed E-state index contributed by atoms with van der Waals surface area (Å²) >= 11 is 1.17. The number of nitrogens with zero attached hydrogens (tertiary/aromatic N) is 4. The largest absolute Gasteiger partial charge is 0.484 e. The molecular weight excluding hydrogens is 328 g/mol. The molecule has 24 heavy (non-hydrogen) atoms. The number of aromatic nitrogens is 2. The molecule has 0 N–H and O–H groups in total. The smallest absolute Gasteiger partial charge is 0.277 e. The van der Waals surface area contributed by atoms with Crippen LogP contribution in [0.15, 0.2) is 33.9 Å². The van der Waals surface area contributed by atoms with E-state index in [1.807, 2.05) is 37.3 Å². The molecule has 1 heterocycles. The molecule has 0 saturated heterocycles. The van der Waals surface area contributed by atoms with E-state index >= 15 is 0 Å². The van der Waals surface area contributed by atoms with Gasteiger partial charge in [0.15, 0.2) is 6.61 Å². The monoisotopic (exact) mass is 346 g/mol. The Morgan fingerprint density at radius 3 is 3.04 bits per heavy atom. The SMILES string of the molecule is Cc1cccc(OCc2nnc(SCC(=O)N(C)CCC#N)o2)c1. The second-order valence-electron chi connectivity index (χ2n) is 5.08. The molecule has 1 amide bonds. The number of rotatable bonds is 8. The van der Waals surface area contributed by atoms with E-state index in [0.717, 1.165) is 11.3 Å². The van der Waals surface area contributed by atoms with Crippen molar-refractivity contribution < 1.29 is 13.9 Å². The molecule has 7 nitrogen and oxygen atoms in total. The molecule has 0 aliphatic rings. The van der Waals surface area contributed by atoms with E-state index in [9.17, 15) is 4.79 Å². The topological polar surface area (TPSA) is 92.3 Å². The lowest BCUT2D eigenvalue weighted by Gasteiger charge is -2.13. The molecule has 1 aromatic carbocycles. The minimum Gasteiger partial charge on any atom is -0.484 e. The molecule has 0 aliphatic heterocycles. The zero-order chi connectivity index (χ0) is 17.4. The summed E-state index contributed by atoms with van der Waals surface area (Å²) in [6.07, 6.45) is 0.313. The number of hydrogen-bond donors (Lipinski definition) is 0. The zero-order valence-electron chi connectivity index (χ0n) is 13.6. The number of amides is 1. The van der Waals surface area contributed by atoms with Gasteiger partial charge in [0.1, 0.15) is 5.75 Å². The van der Waals surface area contributed by atoms with Crippen molar-refractivity contribution in [2.75, 3.05) is 19.3 Å². The molecule has 0 fully saturated rings. The number of hydrogen-bond acceptors (Lipinski definition) is 7. The van der Waals surface area contributed by atoms with Crippen molar-refractivity contribution in [3.05, 3.63) is 35.7 Å². The maximum atomic E-state index is 11.9. The average Bonchev–Trinajstić information content (AvgIpc) is 3.03. The number of nitriles is 1. The van der Waals surface area contributed by atoms with Crippen LogP contribution in [0.5, 0.6) is 5.75 Å². The minimum atomic E-state index is -0.0917. The second-order valence-corrected chi connectivity index (χ2v) is 6.01. The van der Waals surface area contributed by atoms with Crippen molar-refractivity contribution in [3.8, 4) is 11.8 Å². The van der Waals surface area contributed by atoms with Gasteiger partial charge in [0.2, 0.25) is 5.91 Å². The Balaban J connectivity index is 1.78. The molecule has 0 atom stereocenters. The number of ether oxygens (including phenoxy) is 1. The van der Waals surface area contributed by atoms with Crippen molar-refractivity contribution in [1.82, 2.24) is 15.1 Å². The summed E-state index contributed by atoms with van der Waals surface area (Å²) in [7, 11) is 1.66. The Labute approximate surface area is 144 Å².